The van der Waals surface area contributed by atoms with E-state index in [1.54, 1.807) is 6.07 Å². The minimum atomic E-state index is -0.0786. The summed E-state index contributed by atoms with van der Waals surface area (Å²) in [7, 11) is 0. The van der Waals surface area contributed by atoms with Crippen LogP contribution in [0.25, 0.3) is 0 Å². The number of halogens is 1. The molecule has 0 N–H and O–H groups in total. The Bertz CT molecular complexity index is 382. The molecule has 13 heavy (non-hydrogen) atoms. The van der Waals surface area contributed by atoms with E-state index in [1.165, 1.54) is 13.1 Å². The van der Waals surface area contributed by atoms with Crippen molar-refractivity contribution in [2.75, 3.05) is 0 Å². The first-order valence-corrected chi connectivity index (χ1v) is 4.77. The van der Waals surface area contributed by atoms with Gasteiger partial charge in [-0.15, -0.1) is 0 Å². The van der Waals surface area contributed by atoms with Crippen LogP contribution in [0.5, 0.6) is 0 Å². The maximum atomic E-state index is 11.0. The fraction of sp³-hybridized carbons (Fsp3) is 0.222. The first-order chi connectivity index (χ1) is 6.19. The number of hydrogen-bond donors (Lipinski definition) is 0. The number of carbonyl (C=O) groups is 1. The van der Waals surface area contributed by atoms with Crippen LogP contribution < -0.4 is 0 Å². The molecule has 66 valence electrons. The first-order valence-electron chi connectivity index (χ1n) is 3.65. The number of carbonyl (C=O) groups excluding carboxylic acids is 1. The summed E-state index contributed by atoms with van der Waals surface area (Å²) < 4.78 is 0. The number of ketones is 1. The van der Waals surface area contributed by atoms with Crippen molar-refractivity contribution < 1.29 is 4.79 Å². The summed E-state index contributed by atoms with van der Waals surface area (Å²) in [4.78, 5) is 15.0. The number of nitrogens with zero attached hydrogens (tertiary/aromatic N) is 2. The highest BCUT2D eigenvalue weighted by Gasteiger charge is 2.06. The molecule has 0 saturated heterocycles. The van der Waals surface area contributed by atoms with Crippen molar-refractivity contribution in [3.05, 3.63) is 29.1 Å². The summed E-state index contributed by atoms with van der Waals surface area (Å²) in [5.41, 5.74) is 1.58. The van der Waals surface area contributed by atoms with E-state index in [1.807, 2.05) is 6.07 Å². The second-order valence-electron chi connectivity index (χ2n) is 2.52. The Morgan fingerprint density at radius 2 is 2.46 bits per heavy atom. The average Bonchev–Trinajstić information content (AvgIpc) is 2.16. The molecule has 0 aliphatic rings. The predicted molar refractivity (Wildman–Crippen MR) is 51.6 cm³/mol. The number of Topliss-reactive ketones (excluding diaryl/α,β-unsaturated/α-hetero) is 1. The summed E-state index contributed by atoms with van der Waals surface area (Å²) in [5, 5.41) is 9.26. The summed E-state index contributed by atoms with van der Waals surface area (Å²) in [6.07, 6.45) is 1.49. The predicted octanol–water partition coefficient (Wildman–Crippen LogP) is 2.05. The fourth-order valence-corrected chi connectivity index (χ4v) is 1.34. The van der Waals surface area contributed by atoms with Gasteiger partial charge < -0.3 is 0 Å². The molecule has 3 nitrogen and oxygen atoms in total. The lowest BCUT2D eigenvalue weighted by atomic mass is 10.1. The molecule has 1 aromatic heterocycles. The first kappa shape index (κ1) is 9.87. The van der Waals surface area contributed by atoms with E-state index in [9.17, 15) is 4.79 Å². The van der Waals surface area contributed by atoms with Crippen LogP contribution in [0.15, 0.2) is 12.3 Å². The number of rotatable bonds is 2. The van der Waals surface area contributed by atoms with Gasteiger partial charge in [-0.25, -0.2) is 0 Å². The molecule has 0 bridgehead atoms. The summed E-state index contributed by atoms with van der Waals surface area (Å²) in [6, 6.07) is 3.56. The van der Waals surface area contributed by atoms with E-state index in [-0.39, 0.29) is 5.78 Å². The summed E-state index contributed by atoms with van der Waals surface area (Å²) in [5.74, 6) is -0.0786. The third-order valence-electron chi connectivity index (χ3n) is 1.62. The molecule has 1 rings (SSSR count). The summed E-state index contributed by atoms with van der Waals surface area (Å²) >= 11 is 3.21. The van der Waals surface area contributed by atoms with E-state index in [0.29, 0.717) is 22.2 Å². The zero-order valence-electron chi connectivity index (χ0n) is 7.04. The third-order valence-corrected chi connectivity index (χ3v) is 2.15. The maximum absolute atomic E-state index is 11.0. The van der Waals surface area contributed by atoms with Crippen LogP contribution in [0.2, 0.25) is 0 Å². The van der Waals surface area contributed by atoms with Crippen molar-refractivity contribution in [1.82, 2.24) is 4.98 Å². The molecule has 0 spiro atoms. The van der Waals surface area contributed by atoms with Crippen molar-refractivity contribution >= 4 is 21.7 Å². The highest BCUT2D eigenvalue weighted by Crippen LogP contribution is 2.11. The Morgan fingerprint density at radius 1 is 1.77 bits per heavy atom. The maximum Gasteiger partial charge on any atom is 0.161 e. The van der Waals surface area contributed by atoms with Crippen LogP contribution >= 0.6 is 15.9 Å². The third kappa shape index (κ3) is 2.13. The molecule has 0 aromatic carbocycles. The molecule has 0 unspecified atom stereocenters. The second kappa shape index (κ2) is 4.15. The molecular formula is C9H7BrN2O. The standard InChI is InChI=1S/C9H7BrN2O/c1-6(13)8-2-7(4-11)9(3-10)12-5-8/h2,5H,3H2,1H3. The molecule has 1 aromatic rings. The molecule has 4 heteroatoms. The number of nitriles is 1. The molecule has 0 aliphatic carbocycles. The Kier molecular flexibility index (Phi) is 3.15. The molecule has 0 saturated carbocycles. The lowest BCUT2D eigenvalue weighted by Crippen LogP contribution is -1.98. The van der Waals surface area contributed by atoms with Crippen LogP contribution in [0.1, 0.15) is 28.5 Å². The van der Waals surface area contributed by atoms with Crippen LogP contribution in [0, 0.1) is 11.3 Å². The van der Waals surface area contributed by atoms with Gasteiger partial charge in [0.05, 0.1) is 11.3 Å². The van der Waals surface area contributed by atoms with E-state index in [4.69, 9.17) is 5.26 Å². The molecule has 0 radical (unpaired) electrons. The Hall–Kier alpha value is -1.21. The molecular weight excluding hydrogens is 232 g/mol. The molecule has 0 amide bonds. The van der Waals surface area contributed by atoms with Crippen LogP contribution in [-0.2, 0) is 5.33 Å². The zero-order chi connectivity index (χ0) is 9.84. The van der Waals surface area contributed by atoms with Gasteiger partial charge in [0.25, 0.3) is 0 Å². The van der Waals surface area contributed by atoms with Crippen molar-refractivity contribution in [1.29, 1.82) is 5.26 Å². The minimum absolute atomic E-state index is 0.0786. The van der Waals surface area contributed by atoms with Gasteiger partial charge >= 0.3 is 0 Å². The van der Waals surface area contributed by atoms with Crippen LogP contribution in [-0.4, -0.2) is 10.8 Å². The van der Waals surface area contributed by atoms with Crippen LogP contribution in [0.4, 0.5) is 0 Å². The average molecular weight is 239 g/mol. The topological polar surface area (TPSA) is 53.8 Å². The quantitative estimate of drug-likeness (QED) is 0.586. The summed E-state index contributed by atoms with van der Waals surface area (Å²) in [6.45, 7) is 1.45. The van der Waals surface area contributed by atoms with E-state index >= 15 is 0 Å². The smallest absolute Gasteiger partial charge is 0.161 e. The monoisotopic (exact) mass is 238 g/mol. The van der Waals surface area contributed by atoms with E-state index in [2.05, 4.69) is 20.9 Å². The lowest BCUT2D eigenvalue weighted by molar-refractivity contribution is 0.101. The number of hydrogen-bond acceptors (Lipinski definition) is 3. The van der Waals surface area contributed by atoms with E-state index in [0.717, 1.165) is 0 Å². The normalized spacial score (nSPS) is 9.31. The van der Waals surface area contributed by atoms with Gasteiger partial charge in [0.2, 0.25) is 0 Å². The van der Waals surface area contributed by atoms with Gasteiger partial charge in [-0.3, -0.25) is 9.78 Å². The second-order valence-corrected chi connectivity index (χ2v) is 3.08. The van der Waals surface area contributed by atoms with Gasteiger partial charge in [-0.2, -0.15) is 5.26 Å². The lowest BCUT2D eigenvalue weighted by Gasteiger charge is -1.99. The largest absolute Gasteiger partial charge is 0.294 e. The Labute approximate surface area is 84.5 Å². The van der Waals surface area contributed by atoms with Crippen molar-refractivity contribution in [2.45, 2.75) is 12.3 Å². The highest BCUT2D eigenvalue weighted by molar-refractivity contribution is 9.08. The van der Waals surface area contributed by atoms with Gasteiger partial charge in [0.15, 0.2) is 5.78 Å². The number of pyridine rings is 1. The molecule has 1 heterocycles. The number of aromatic nitrogens is 1. The van der Waals surface area contributed by atoms with Crippen LogP contribution in [0.3, 0.4) is 0 Å². The number of alkyl halides is 1. The van der Waals surface area contributed by atoms with Gasteiger partial charge in [0, 0.05) is 17.1 Å². The van der Waals surface area contributed by atoms with E-state index < -0.39 is 0 Å². The SMILES string of the molecule is CC(=O)c1cnc(CBr)c(C#N)c1. The van der Waals surface area contributed by atoms with Gasteiger partial charge in [-0.1, -0.05) is 15.9 Å². The van der Waals surface area contributed by atoms with Gasteiger partial charge in [-0.05, 0) is 13.0 Å². The minimum Gasteiger partial charge on any atom is -0.294 e. The Balaban J connectivity index is 3.23. The highest BCUT2D eigenvalue weighted by atomic mass is 79.9. The Morgan fingerprint density at radius 3 is 2.92 bits per heavy atom. The fourth-order valence-electron chi connectivity index (χ4n) is 0.889. The molecule has 0 aliphatic heterocycles. The van der Waals surface area contributed by atoms with Crippen molar-refractivity contribution in [3.8, 4) is 6.07 Å². The van der Waals surface area contributed by atoms with Crippen molar-refractivity contribution in [3.63, 3.8) is 0 Å². The van der Waals surface area contributed by atoms with Gasteiger partial charge in [0.1, 0.15) is 6.07 Å². The van der Waals surface area contributed by atoms with Crippen molar-refractivity contribution in [2.24, 2.45) is 0 Å². The zero-order valence-corrected chi connectivity index (χ0v) is 8.63. The molecule has 0 fully saturated rings. The molecule has 0 atom stereocenters.